The third-order valence-corrected chi connectivity index (χ3v) is 2.60. The van der Waals surface area contributed by atoms with E-state index in [9.17, 15) is 4.79 Å². The van der Waals surface area contributed by atoms with Crippen molar-refractivity contribution in [2.24, 2.45) is 0 Å². The van der Waals surface area contributed by atoms with Crippen molar-refractivity contribution in [1.82, 2.24) is 9.78 Å². The Morgan fingerprint density at radius 2 is 2.20 bits per heavy atom. The summed E-state index contributed by atoms with van der Waals surface area (Å²) < 4.78 is 7.32. The van der Waals surface area contributed by atoms with Crippen LogP contribution >= 0.6 is 15.9 Å². The molecule has 0 N–H and O–H groups in total. The molecule has 0 saturated heterocycles. The third-order valence-electron chi connectivity index (χ3n) is 1.84. The molecular formula is C10H15BrN2O2. The minimum atomic E-state index is -0.347. The molecule has 0 amide bonds. The Morgan fingerprint density at radius 1 is 1.60 bits per heavy atom. The second kappa shape index (κ2) is 4.35. The molecular weight excluding hydrogens is 260 g/mol. The van der Waals surface area contributed by atoms with E-state index in [2.05, 4.69) is 21.0 Å². The monoisotopic (exact) mass is 274 g/mol. The summed E-state index contributed by atoms with van der Waals surface area (Å²) in [5.74, 6) is -0.347. The fourth-order valence-corrected chi connectivity index (χ4v) is 2.03. The molecule has 0 unspecified atom stereocenters. The van der Waals surface area contributed by atoms with Crippen LogP contribution in [-0.2, 0) is 10.3 Å². The van der Waals surface area contributed by atoms with Crippen molar-refractivity contribution >= 4 is 21.9 Å². The van der Waals surface area contributed by atoms with Crippen molar-refractivity contribution in [1.29, 1.82) is 0 Å². The first-order chi connectivity index (χ1) is 6.88. The molecule has 0 aliphatic heterocycles. The molecule has 0 radical (unpaired) electrons. The van der Waals surface area contributed by atoms with E-state index >= 15 is 0 Å². The molecule has 5 heteroatoms. The van der Waals surface area contributed by atoms with Crippen LogP contribution in [-0.4, -0.2) is 22.4 Å². The minimum Gasteiger partial charge on any atom is -0.462 e. The van der Waals surface area contributed by atoms with Gasteiger partial charge in [-0.3, -0.25) is 4.68 Å². The number of nitrogens with zero attached hydrogens (tertiary/aromatic N) is 2. The van der Waals surface area contributed by atoms with E-state index < -0.39 is 0 Å². The summed E-state index contributed by atoms with van der Waals surface area (Å²) in [6.45, 7) is 8.19. The molecule has 0 fully saturated rings. The van der Waals surface area contributed by atoms with Gasteiger partial charge in [-0.25, -0.2) is 4.79 Å². The van der Waals surface area contributed by atoms with Gasteiger partial charge in [0.2, 0.25) is 0 Å². The van der Waals surface area contributed by atoms with E-state index in [-0.39, 0.29) is 11.5 Å². The van der Waals surface area contributed by atoms with Gasteiger partial charge in [-0.05, 0) is 43.6 Å². The Labute approximate surface area is 97.7 Å². The van der Waals surface area contributed by atoms with Crippen LogP contribution in [0.2, 0.25) is 0 Å². The number of rotatable bonds is 2. The molecule has 1 heterocycles. The minimum absolute atomic E-state index is 0.163. The molecule has 0 atom stereocenters. The Kier molecular flexibility index (Phi) is 3.54. The molecule has 4 nitrogen and oxygen atoms in total. The Balaban J connectivity index is 3.04. The maximum atomic E-state index is 11.5. The summed E-state index contributed by atoms with van der Waals surface area (Å²) in [6.07, 6.45) is 1.52. The molecule has 0 aromatic carbocycles. The smallest absolute Gasteiger partial charge is 0.342 e. The zero-order valence-electron chi connectivity index (χ0n) is 9.37. The van der Waals surface area contributed by atoms with Crippen LogP contribution in [0.15, 0.2) is 10.8 Å². The summed E-state index contributed by atoms with van der Waals surface area (Å²) >= 11 is 3.36. The van der Waals surface area contributed by atoms with Gasteiger partial charge in [-0.2, -0.15) is 5.10 Å². The summed E-state index contributed by atoms with van der Waals surface area (Å²) in [6, 6.07) is 0. The number of carbonyl (C=O) groups excluding carboxylic acids is 1. The number of hydrogen-bond acceptors (Lipinski definition) is 3. The fourth-order valence-electron chi connectivity index (χ4n) is 1.15. The first-order valence-electron chi connectivity index (χ1n) is 4.79. The Bertz CT molecular complexity index is 366. The van der Waals surface area contributed by atoms with E-state index in [0.29, 0.717) is 16.8 Å². The average molecular weight is 275 g/mol. The summed E-state index contributed by atoms with van der Waals surface area (Å²) in [5.41, 5.74) is 0.301. The number of carbonyl (C=O) groups is 1. The second-order valence-corrected chi connectivity index (χ2v) is 4.90. The van der Waals surface area contributed by atoms with Crippen LogP contribution in [0.1, 0.15) is 38.1 Å². The highest BCUT2D eigenvalue weighted by Crippen LogP contribution is 2.24. The van der Waals surface area contributed by atoms with Gasteiger partial charge in [0, 0.05) is 0 Å². The predicted molar refractivity (Wildman–Crippen MR) is 60.9 cm³/mol. The molecule has 1 aromatic heterocycles. The normalized spacial score (nSPS) is 11.5. The van der Waals surface area contributed by atoms with Crippen molar-refractivity contribution in [3.05, 3.63) is 16.4 Å². The second-order valence-electron chi connectivity index (χ2n) is 4.15. The van der Waals surface area contributed by atoms with Gasteiger partial charge in [-0.15, -0.1) is 0 Å². The molecule has 0 aliphatic carbocycles. The number of hydrogen-bond donors (Lipinski definition) is 0. The van der Waals surface area contributed by atoms with Gasteiger partial charge in [0.25, 0.3) is 0 Å². The van der Waals surface area contributed by atoms with E-state index in [0.717, 1.165) is 0 Å². The van der Waals surface area contributed by atoms with Gasteiger partial charge in [0.05, 0.1) is 18.3 Å². The van der Waals surface area contributed by atoms with E-state index in [1.54, 1.807) is 11.6 Å². The van der Waals surface area contributed by atoms with Crippen LogP contribution in [0.3, 0.4) is 0 Å². The van der Waals surface area contributed by atoms with E-state index in [1.165, 1.54) is 6.20 Å². The maximum Gasteiger partial charge on any atom is 0.342 e. The lowest BCUT2D eigenvalue weighted by molar-refractivity contribution is 0.0525. The lowest BCUT2D eigenvalue weighted by Gasteiger charge is -2.20. The number of esters is 1. The van der Waals surface area contributed by atoms with Gasteiger partial charge in [0.1, 0.15) is 10.2 Å². The standard InChI is InChI=1S/C10H15BrN2O2/c1-5-15-9(14)7-6-12-13(8(7)11)10(2,3)4/h6H,5H2,1-4H3. The molecule has 1 aromatic rings. The molecule has 0 saturated carbocycles. The quantitative estimate of drug-likeness (QED) is 0.779. The Hall–Kier alpha value is -0.840. The first kappa shape index (κ1) is 12.2. The lowest BCUT2D eigenvalue weighted by Crippen LogP contribution is -2.23. The summed E-state index contributed by atoms with van der Waals surface area (Å²) in [4.78, 5) is 11.5. The highest BCUT2D eigenvalue weighted by Gasteiger charge is 2.23. The number of ether oxygens (including phenoxy) is 1. The number of aromatic nitrogens is 2. The molecule has 0 spiro atoms. The van der Waals surface area contributed by atoms with Crippen LogP contribution in [0.25, 0.3) is 0 Å². The molecule has 84 valence electrons. The van der Waals surface area contributed by atoms with Crippen molar-refractivity contribution < 1.29 is 9.53 Å². The van der Waals surface area contributed by atoms with Crippen molar-refractivity contribution in [2.75, 3.05) is 6.61 Å². The van der Waals surface area contributed by atoms with Crippen LogP contribution in [0.4, 0.5) is 0 Å². The third kappa shape index (κ3) is 2.59. The van der Waals surface area contributed by atoms with Gasteiger partial charge >= 0.3 is 5.97 Å². The lowest BCUT2D eigenvalue weighted by atomic mass is 10.1. The van der Waals surface area contributed by atoms with Crippen molar-refractivity contribution in [2.45, 2.75) is 33.2 Å². The van der Waals surface area contributed by atoms with E-state index in [4.69, 9.17) is 4.74 Å². The van der Waals surface area contributed by atoms with Gasteiger partial charge in [0.15, 0.2) is 0 Å². The summed E-state index contributed by atoms with van der Waals surface area (Å²) in [7, 11) is 0. The first-order valence-corrected chi connectivity index (χ1v) is 5.58. The molecule has 1 rings (SSSR count). The van der Waals surface area contributed by atoms with Gasteiger partial charge in [-0.1, -0.05) is 0 Å². The zero-order valence-corrected chi connectivity index (χ0v) is 11.0. The average Bonchev–Trinajstić information content (AvgIpc) is 2.46. The van der Waals surface area contributed by atoms with Crippen LogP contribution < -0.4 is 0 Å². The Morgan fingerprint density at radius 3 is 2.60 bits per heavy atom. The molecule has 0 aliphatic rings. The highest BCUT2D eigenvalue weighted by molar-refractivity contribution is 9.10. The predicted octanol–water partition coefficient (Wildman–Crippen LogP) is 2.58. The zero-order chi connectivity index (χ0) is 11.6. The van der Waals surface area contributed by atoms with Crippen molar-refractivity contribution in [3.8, 4) is 0 Å². The number of halogens is 1. The van der Waals surface area contributed by atoms with Crippen LogP contribution in [0.5, 0.6) is 0 Å². The van der Waals surface area contributed by atoms with Gasteiger partial charge < -0.3 is 4.74 Å². The largest absolute Gasteiger partial charge is 0.462 e. The van der Waals surface area contributed by atoms with Crippen LogP contribution in [0, 0.1) is 0 Å². The topological polar surface area (TPSA) is 44.1 Å². The SMILES string of the molecule is CCOC(=O)c1cnn(C(C)(C)C)c1Br. The molecule has 0 bridgehead atoms. The van der Waals surface area contributed by atoms with Crippen molar-refractivity contribution in [3.63, 3.8) is 0 Å². The molecule has 15 heavy (non-hydrogen) atoms. The fraction of sp³-hybridized carbons (Fsp3) is 0.600. The summed E-state index contributed by atoms with van der Waals surface area (Å²) in [5, 5.41) is 4.16. The van der Waals surface area contributed by atoms with E-state index in [1.807, 2.05) is 20.8 Å². The maximum absolute atomic E-state index is 11.5. The highest BCUT2D eigenvalue weighted by atomic mass is 79.9.